The number of alkyl halides is 1. The third-order valence-electron chi connectivity index (χ3n) is 2.37. The van der Waals surface area contributed by atoms with E-state index < -0.39 is 23.6 Å². The summed E-state index contributed by atoms with van der Waals surface area (Å²) in [7, 11) is 0. The Labute approximate surface area is 64.4 Å². The van der Waals surface area contributed by atoms with E-state index in [1.54, 1.807) is 6.92 Å². The van der Waals surface area contributed by atoms with Crippen molar-refractivity contribution in [2.75, 3.05) is 0 Å². The molecule has 1 rings (SSSR count). The SMILES string of the molecule is CC(C(N)C(=O)O)C1(F)CC1. The van der Waals surface area contributed by atoms with Crippen LogP contribution in [0.15, 0.2) is 0 Å². The standard InChI is InChI=1S/C7H12FNO2/c1-4(5(9)6(10)11)7(8)2-3-7/h4-5H,2-3,9H2,1H3,(H,10,11). The maximum Gasteiger partial charge on any atom is 0.320 e. The number of hydrogen-bond acceptors (Lipinski definition) is 2. The molecular formula is C7H12FNO2. The van der Waals surface area contributed by atoms with E-state index in [0.29, 0.717) is 12.8 Å². The number of hydrogen-bond donors (Lipinski definition) is 2. The van der Waals surface area contributed by atoms with E-state index in [4.69, 9.17) is 10.8 Å². The molecule has 1 aliphatic carbocycles. The molecule has 0 radical (unpaired) electrons. The van der Waals surface area contributed by atoms with Crippen molar-refractivity contribution < 1.29 is 14.3 Å². The van der Waals surface area contributed by atoms with Crippen molar-refractivity contribution in [1.29, 1.82) is 0 Å². The normalized spacial score (nSPS) is 25.7. The Hall–Kier alpha value is -0.640. The number of aliphatic carboxylic acids is 1. The van der Waals surface area contributed by atoms with E-state index in [2.05, 4.69) is 0 Å². The average Bonchev–Trinajstić information content (AvgIpc) is 2.66. The summed E-state index contributed by atoms with van der Waals surface area (Å²) in [6.45, 7) is 1.55. The van der Waals surface area contributed by atoms with E-state index in [-0.39, 0.29) is 0 Å². The molecular weight excluding hydrogens is 149 g/mol. The quantitative estimate of drug-likeness (QED) is 0.634. The lowest BCUT2D eigenvalue weighted by Crippen LogP contribution is -2.41. The molecule has 11 heavy (non-hydrogen) atoms. The zero-order valence-electron chi connectivity index (χ0n) is 6.38. The van der Waals surface area contributed by atoms with Crippen molar-refractivity contribution >= 4 is 5.97 Å². The Morgan fingerprint density at radius 2 is 2.18 bits per heavy atom. The molecule has 4 heteroatoms. The molecule has 64 valence electrons. The minimum atomic E-state index is -1.29. The summed E-state index contributed by atoms with van der Waals surface area (Å²) in [6.07, 6.45) is 0.907. The van der Waals surface area contributed by atoms with Gasteiger partial charge in [0.05, 0.1) is 0 Å². The van der Waals surface area contributed by atoms with Crippen molar-refractivity contribution in [2.45, 2.75) is 31.5 Å². The lowest BCUT2D eigenvalue weighted by molar-refractivity contribution is -0.140. The average molecular weight is 161 g/mol. The van der Waals surface area contributed by atoms with Crippen molar-refractivity contribution in [1.82, 2.24) is 0 Å². The highest BCUT2D eigenvalue weighted by Crippen LogP contribution is 2.47. The summed E-state index contributed by atoms with van der Waals surface area (Å²) in [6, 6.07) is -1.07. The molecule has 0 bridgehead atoms. The lowest BCUT2D eigenvalue weighted by atomic mass is 9.96. The third-order valence-corrected chi connectivity index (χ3v) is 2.37. The lowest BCUT2D eigenvalue weighted by Gasteiger charge is -2.18. The maximum absolute atomic E-state index is 13.2. The summed E-state index contributed by atoms with van der Waals surface area (Å²) in [5.74, 6) is -1.69. The molecule has 2 unspecified atom stereocenters. The van der Waals surface area contributed by atoms with Crippen LogP contribution in [-0.4, -0.2) is 22.8 Å². The molecule has 0 aliphatic heterocycles. The summed E-state index contributed by atoms with van der Waals surface area (Å²) < 4.78 is 13.2. The van der Waals surface area contributed by atoms with Gasteiger partial charge in [-0.1, -0.05) is 6.92 Å². The van der Waals surface area contributed by atoms with Crippen LogP contribution in [0.3, 0.4) is 0 Å². The zero-order valence-corrected chi connectivity index (χ0v) is 6.38. The minimum Gasteiger partial charge on any atom is -0.480 e. The highest BCUT2D eigenvalue weighted by atomic mass is 19.1. The zero-order chi connectivity index (χ0) is 8.65. The van der Waals surface area contributed by atoms with Crippen molar-refractivity contribution in [3.05, 3.63) is 0 Å². The molecule has 3 N–H and O–H groups in total. The van der Waals surface area contributed by atoms with Crippen LogP contribution in [0.4, 0.5) is 4.39 Å². The third kappa shape index (κ3) is 1.50. The fourth-order valence-corrected chi connectivity index (χ4v) is 1.11. The minimum absolute atomic E-state index is 0.454. The highest BCUT2D eigenvalue weighted by Gasteiger charge is 2.51. The summed E-state index contributed by atoms with van der Waals surface area (Å²) in [5.41, 5.74) is 3.95. The first kappa shape index (κ1) is 8.46. The molecule has 0 amide bonds. The molecule has 0 saturated heterocycles. The first-order valence-corrected chi connectivity index (χ1v) is 3.65. The molecule has 0 heterocycles. The van der Waals surface area contributed by atoms with Gasteiger partial charge in [0, 0.05) is 5.92 Å². The fourth-order valence-electron chi connectivity index (χ4n) is 1.11. The van der Waals surface area contributed by atoms with E-state index >= 15 is 0 Å². The first-order chi connectivity index (χ1) is 4.97. The van der Waals surface area contributed by atoms with Gasteiger partial charge in [-0.05, 0) is 12.8 Å². The molecule has 0 aromatic carbocycles. The van der Waals surface area contributed by atoms with Crippen LogP contribution < -0.4 is 5.73 Å². The number of carboxylic acids is 1. The molecule has 0 spiro atoms. The monoisotopic (exact) mass is 161 g/mol. The summed E-state index contributed by atoms with van der Waals surface area (Å²) in [5, 5.41) is 8.45. The molecule has 1 saturated carbocycles. The van der Waals surface area contributed by atoms with Crippen molar-refractivity contribution in [2.24, 2.45) is 11.7 Å². The van der Waals surface area contributed by atoms with Gasteiger partial charge in [0.2, 0.25) is 0 Å². The predicted molar refractivity (Wildman–Crippen MR) is 37.8 cm³/mol. The number of carbonyl (C=O) groups is 1. The van der Waals surface area contributed by atoms with Crippen LogP contribution in [0.2, 0.25) is 0 Å². The van der Waals surface area contributed by atoms with Crippen LogP contribution in [0.1, 0.15) is 19.8 Å². The van der Waals surface area contributed by atoms with Crippen LogP contribution in [-0.2, 0) is 4.79 Å². The summed E-state index contributed by atoms with van der Waals surface area (Å²) >= 11 is 0. The van der Waals surface area contributed by atoms with Gasteiger partial charge in [-0.15, -0.1) is 0 Å². The van der Waals surface area contributed by atoms with Gasteiger partial charge in [0.15, 0.2) is 0 Å². The van der Waals surface area contributed by atoms with E-state index in [1.165, 1.54) is 0 Å². The van der Waals surface area contributed by atoms with Crippen LogP contribution >= 0.6 is 0 Å². The highest BCUT2D eigenvalue weighted by molar-refractivity contribution is 5.73. The topological polar surface area (TPSA) is 63.3 Å². The second kappa shape index (κ2) is 2.44. The van der Waals surface area contributed by atoms with Gasteiger partial charge in [-0.3, -0.25) is 4.79 Å². The Morgan fingerprint density at radius 1 is 1.73 bits per heavy atom. The number of carboxylic acid groups (broad SMARTS) is 1. The molecule has 3 nitrogen and oxygen atoms in total. The van der Waals surface area contributed by atoms with Gasteiger partial charge in [-0.25, -0.2) is 4.39 Å². The van der Waals surface area contributed by atoms with Gasteiger partial charge in [0.25, 0.3) is 0 Å². The maximum atomic E-state index is 13.2. The van der Waals surface area contributed by atoms with E-state index in [0.717, 1.165) is 0 Å². The number of nitrogens with two attached hydrogens (primary N) is 1. The number of rotatable bonds is 3. The Morgan fingerprint density at radius 3 is 2.45 bits per heavy atom. The molecule has 0 aromatic rings. The van der Waals surface area contributed by atoms with E-state index in [9.17, 15) is 9.18 Å². The van der Waals surface area contributed by atoms with Gasteiger partial charge >= 0.3 is 5.97 Å². The number of halogens is 1. The van der Waals surface area contributed by atoms with Crippen molar-refractivity contribution in [3.8, 4) is 0 Å². The van der Waals surface area contributed by atoms with Gasteiger partial charge in [-0.2, -0.15) is 0 Å². The fraction of sp³-hybridized carbons (Fsp3) is 0.857. The van der Waals surface area contributed by atoms with Gasteiger partial charge < -0.3 is 10.8 Å². The Balaban J connectivity index is 2.53. The molecule has 0 aromatic heterocycles. The first-order valence-electron chi connectivity index (χ1n) is 3.65. The predicted octanol–water partition coefficient (Wildman–Crippen LogP) is 0.536. The Kier molecular flexibility index (Phi) is 1.88. The van der Waals surface area contributed by atoms with E-state index in [1.807, 2.05) is 0 Å². The second-order valence-corrected chi connectivity index (χ2v) is 3.19. The molecule has 2 atom stereocenters. The second-order valence-electron chi connectivity index (χ2n) is 3.19. The molecule has 1 fully saturated rings. The van der Waals surface area contributed by atoms with Crippen LogP contribution in [0.5, 0.6) is 0 Å². The van der Waals surface area contributed by atoms with Gasteiger partial charge in [0.1, 0.15) is 11.7 Å². The Bertz CT molecular complexity index is 179. The smallest absolute Gasteiger partial charge is 0.320 e. The van der Waals surface area contributed by atoms with Crippen LogP contribution in [0.25, 0.3) is 0 Å². The van der Waals surface area contributed by atoms with Crippen molar-refractivity contribution in [3.63, 3.8) is 0 Å². The summed E-state index contributed by atoms with van der Waals surface area (Å²) in [4.78, 5) is 10.3. The van der Waals surface area contributed by atoms with Crippen LogP contribution in [0, 0.1) is 5.92 Å². The molecule has 1 aliphatic rings. The largest absolute Gasteiger partial charge is 0.480 e.